The minimum Gasteiger partial charge on any atom is -0.726 e. The zero-order valence-electron chi connectivity index (χ0n) is 19.4. The van der Waals surface area contributed by atoms with Crippen molar-refractivity contribution in [3.63, 3.8) is 0 Å². The summed E-state index contributed by atoms with van der Waals surface area (Å²) in [7, 11) is -4.42. The van der Waals surface area contributed by atoms with Gasteiger partial charge in [0.25, 0.3) is 5.01 Å². The number of thiazole rings is 1. The lowest BCUT2D eigenvalue weighted by Crippen LogP contribution is -2.33. The Labute approximate surface area is 239 Å². The van der Waals surface area contributed by atoms with Crippen LogP contribution in [0.1, 0.15) is 25.8 Å². The van der Waals surface area contributed by atoms with E-state index >= 15 is 0 Å². The Morgan fingerprint density at radius 3 is 2.25 bits per heavy atom. The first-order chi connectivity index (χ1) is 17.0. The molecule has 0 bridgehead atoms. The van der Waals surface area contributed by atoms with Crippen LogP contribution in [0.5, 0.6) is 0 Å². The zero-order valence-corrected chi connectivity index (χ0v) is 24.9. The van der Waals surface area contributed by atoms with E-state index in [0.717, 1.165) is 43.9 Å². The molecule has 0 saturated heterocycles. The fourth-order valence-corrected chi connectivity index (χ4v) is 6.83. The molecule has 194 valence electrons. The second kappa shape index (κ2) is 12.7. The molecule has 0 radical (unpaired) electrons. The molecule has 0 aliphatic carbocycles. The number of benzene rings is 2. The maximum absolute atomic E-state index is 9.45. The Bertz CT molecular complexity index is 1440. The van der Waals surface area contributed by atoms with Gasteiger partial charge in [-0.25, -0.2) is 8.42 Å². The van der Waals surface area contributed by atoms with E-state index < -0.39 is 10.4 Å². The largest absolute Gasteiger partial charge is 0.726 e. The molecular formula is C23H22Cl4N2O4S3. The lowest BCUT2D eigenvalue weighted by Gasteiger charge is -2.17. The van der Waals surface area contributed by atoms with Crippen LogP contribution in [-0.4, -0.2) is 26.1 Å². The first-order valence-electron chi connectivity index (χ1n) is 10.7. The summed E-state index contributed by atoms with van der Waals surface area (Å²) in [6, 6.07) is 7.73. The summed E-state index contributed by atoms with van der Waals surface area (Å²) < 4.78 is 35.4. The van der Waals surface area contributed by atoms with Crippen LogP contribution in [0.15, 0.2) is 46.3 Å². The number of hydrogen-bond donors (Lipinski definition) is 0. The second-order valence-electron chi connectivity index (χ2n) is 7.18. The van der Waals surface area contributed by atoms with Gasteiger partial charge in [0.1, 0.15) is 11.2 Å². The fraction of sp³-hybridized carbons (Fsp3) is 0.261. The standard InChI is InChI=1S/C21H17Cl4N2S2.C2H6O4S/c1-3-26-16-8-12(22)14(24)10-18(16)28-20(26)6-5-7-21-27(4-2)17-9-13(23)15(25)11-19(17)29-21;1-2-6-7(3,4)5/h5-11H,3-4H2,1-2H3;2H2,1H3,(H,3,4,5)/q+1;/p-1. The predicted molar refractivity (Wildman–Crippen MR) is 151 cm³/mol. The first kappa shape index (κ1) is 29.5. The molecule has 1 aliphatic rings. The molecule has 0 amide bonds. The van der Waals surface area contributed by atoms with Crippen molar-refractivity contribution < 1.29 is 21.7 Å². The van der Waals surface area contributed by atoms with E-state index in [4.69, 9.17) is 46.4 Å². The van der Waals surface area contributed by atoms with Gasteiger partial charge in [-0.1, -0.05) is 75.6 Å². The quantitative estimate of drug-likeness (QED) is 0.158. The minimum absolute atomic E-state index is 0.0914. The number of rotatable bonds is 6. The molecule has 13 heteroatoms. The van der Waals surface area contributed by atoms with Gasteiger partial charge in [0, 0.05) is 23.6 Å². The van der Waals surface area contributed by atoms with Crippen LogP contribution in [0.2, 0.25) is 20.1 Å². The number of aryl methyl sites for hydroxylation is 1. The van der Waals surface area contributed by atoms with Gasteiger partial charge in [-0.3, -0.25) is 4.18 Å². The highest BCUT2D eigenvalue weighted by Crippen LogP contribution is 2.48. The van der Waals surface area contributed by atoms with Crippen molar-refractivity contribution in [3.05, 3.63) is 66.5 Å². The summed E-state index contributed by atoms with van der Waals surface area (Å²) in [6.45, 7) is 7.29. The molecule has 3 aromatic rings. The average Bonchev–Trinajstić information content (AvgIpc) is 3.30. The van der Waals surface area contributed by atoms with E-state index in [2.05, 4.69) is 45.7 Å². The molecule has 1 aromatic heterocycles. The van der Waals surface area contributed by atoms with Gasteiger partial charge in [0.15, 0.2) is 0 Å². The summed E-state index contributed by atoms with van der Waals surface area (Å²) in [5, 5.41) is 4.61. The fourth-order valence-electron chi connectivity index (χ4n) is 3.45. The van der Waals surface area contributed by atoms with Gasteiger partial charge in [-0.15, -0.1) is 0 Å². The molecule has 0 unspecified atom stereocenters. The maximum Gasteiger partial charge on any atom is 0.262 e. The Kier molecular flexibility index (Phi) is 10.4. The van der Waals surface area contributed by atoms with E-state index in [0.29, 0.717) is 20.1 Å². The summed E-state index contributed by atoms with van der Waals surface area (Å²) in [4.78, 5) is 3.36. The zero-order chi connectivity index (χ0) is 26.6. The molecule has 0 atom stereocenters. The third-order valence-electron chi connectivity index (χ3n) is 4.92. The molecular weight excluding hydrogens is 606 g/mol. The highest BCUT2D eigenvalue weighted by molar-refractivity contribution is 8.03. The lowest BCUT2D eigenvalue weighted by atomic mass is 10.3. The summed E-state index contributed by atoms with van der Waals surface area (Å²) >= 11 is 28.2. The SMILES string of the molecule is CCN1C(=CC=Cc2sc3cc(Cl)c(Cl)cc3[n+]2CC)Sc2cc(Cl)c(Cl)cc21.CCOS(=O)(=O)[O-]. The van der Waals surface area contributed by atoms with E-state index in [1.807, 2.05) is 24.3 Å². The van der Waals surface area contributed by atoms with Crippen molar-refractivity contribution in [3.8, 4) is 0 Å². The molecule has 6 nitrogen and oxygen atoms in total. The van der Waals surface area contributed by atoms with Crippen molar-refractivity contribution in [2.24, 2.45) is 0 Å². The Balaban J connectivity index is 0.000000454. The van der Waals surface area contributed by atoms with Crippen LogP contribution in [-0.2, 0) is 21.1 Å². The maximum atomic E-state index is 9.45. The number of thioether (sulfide) groups is 1. The van der Waals surface area contributed by atoms with Crippen molar-refractivity contribution in [2.75, 3.05) is 18.1 Å². The Hall–Kier alpha value is -1.01. The van der Waals surface area contributed by atoms with Crippen molar-refractivity contribution in [2.45, 2.75) is 32.2 Å². The summed E-state index contributed by atoms with van der Waals surface area (Å²) in [6.07, 6.45) is 6.33. The topological polar surface area (TPSA) is 73.5 Å². The van der Waals surface area contributed by atoms with E-state index in [-0.39, 0.29) is 6.61 Å². The molecule has 0 N–H and O–H groups in total. The van der Waals surface area contributed by atoms with E-state index in [1.54, 1.807) is 23.1 Å². The predicted octanol–water partition coefficient (Wildman–Crippen LogP) is 7.79. The van der Waals surface area contributed by atoms with E-state index in [9.17, 15) is 13.0 Å². The second-order valence-corrected chi connectivity index (χ2v) is 12.0. The number of fused-ring (bicyclic) bond motifs is 2. The molecule has 0 fully saturated rings. The number of allylic oxidation sites excluding steroid dienone is 2. The lowest BCUT2D eigenvalue weighted by molar-refractivity contribution is -0.665. The minimum atomic E-state index is -4.42. The Morgan fingerprint density at radius 2 is 1.67 bits per heavy atom. The summed E-state index contributed by atoms with van der Waals surface area (Å²) in [5.41, 5.74) is 2.20. The van der Waals surface area contributed by atoms with Crippen LogP contribution >= 0.6 is 69.5 Å². The van der Waals surface area contributed by atoms with Crippen LogP contribution in [0.4, 0.5) is 5.69 Å². The smallest absolute Gasteiger partial charge is 0.262 e. The van der Waals surface area contributed by atoms with Crippen LogP contribution in [0.25, 0.3) is 16.3 Å². The van der Waals surface area contributed by atoms with Crippen LogP contribution < -0.4 is 9.47 Å². The van der Waals surface area contributed by atoms with Gasteiger partial charge in [-0.2, -0.15) is 4.57 Å². The van der Waals surface area contributed by atoms with Gasteiger partial charge in [-0.05, 0) is 45.0 Å². The molecule has 2 aromatic carbocycles. The van der Waals surface area contributed by atoms with E-state index in [1.165, 1.54) is 6.92 Å². The number of aromatic nitrogens is 1. The van der Waals surface area contributed by atoms with Gasteiger partial charge >= 0.3 is 0 Å². The van der Waals surface area contributed by atoms with Crippen LogP contribution in [0, 0.1) is 0 Å². The van der Waals surface area contributed by atoms with Crippen molar-refractivity contribution >= 4 is 102 Å². The Morgan fingerprint density at radius 1 is 1.03 bits per heavy atom. The molecule has 0 spiro atoms. The highest BCUT2D eigenvalue weighted by Gasteiger charge is 2.25. The molecule has 36 heavy (non-hydrogen) atoms. The van der Waals surface area contributed by atoms with Gasteiger partial charge < -0.3 is 9.45 Å². The third kappa shape index (κ3) is 7.09. The number of halogens is 4. The molecule has 2 heterocycles. The highest BCUT2D eigenvalue weighted by atomic mass is 35.5. The average molecular weight is 628 g/mol. The number of hydrogen-bond acceptors (Lipinski definition) is 7. The van der Waals surface area contributed by atoms with Gasteiger partial charge in [0.05, 0.1) is 37.4 Å². The summed E-state index contributed by atoms with van der Waals surface area (Å²) in [5.74, 6) is 0. The molecule has 1 aliphatic heterocycles. The molecule has 4 rings (SSSR count). The van der Waals surface area contributed by atoms with Crippen molar-refractivity contribution in [1.82, 2.24) is 0 Å². The normalized spacial score (nSPS) is 14.6. The monoisotopic (exact) mass is 626 g/mol. The van der Waals surface area contributed by atoms with Crippen LogP contribution in [0.3, 0.4) is 0 Å². The third-order valence-corrected chi connectivity index (χ3v) is 9.11. The molecule has 0 saturated carbocycles. The number of anilines is 1. The van der Waals surface area contributed by atoms with Crippen molar-refractivity contribution in [1.29, 1.82) is 0 Å². The first-order valence-corrected chi connectivity index (χ1v) is 15.2. The number of nitrogens with zero attached hydrogens (tertiary/aromatic N) is 2. The van der Waals surface area contributed by atoms with Gasteiger partial charge in [0.2, 0.25) is 15.9 Å².